The summed E-state index contributed by atoms with van der Waals surface area (Å²) in [5.41, 5.74) is 1.49. The van der Waals surface area contributed by atoms with E-state index in [1.807, 2.05) is 0 Å². The predicted octanol–water partition coefficient (Wildman–Crippen LogP) is 2.47. The van der Waals surface area contributed by atoms with Gasteiger partial charge < -0.3 is 9.47 Å². The van der Waals surface area contributed by atoms with Crippen molar-refractivity contribution < 1.29 is 9.47 Å². The molecule has 0 fully saturated rings. The highest BCUT2D eigenvalue weighted by Crippen LogP contribution is 2.31. The van der Waals surface area contributed by atoms with E-state index in [1.54, 1.807) is 26.4 Å². The Balaban J connectivity index is 3.30. The molecule has 3 nitrogen and oxygen atoms in total. The fourth-order valence-corrected chi connectivity index (χ4v) is 1.60. The number of hydrogen-bond donors (Lipinski definition) is 0. The molecule has 0 aliphatic rings. The van der Waals surface area contributed by atoms with Crippen LogP contribution in [0.2, 0.25) is 0 Å². The molecule has 1 rings (SSSR count). The van der Waals surface area contributed by atoms with Crippen LogP contribution in [0.15, 0.2) is 12.1 Å². The highest BCUT2D eigenvalue weighted by Gasteiger charge is 2.09. The molecule has 0 atom stereocenters. The van der Waals surface area contributed by atoms with Gasteiger partial charge in [0.15, 0.2) is 11.5 Å². The molecule has 0 spiro atoms. The zero-order valence-electron chi connectivity index (χ0n) is 8.00. The van der Waals surface area contributed by atoms with Crippen molar-refractivity contribution in [1.29, 1.82) is 5.26 Å². The van der Waals surface area contributed by atoms with Gasteiger partial charge in [-0.15, -0.1) is 0 Å². The van der Waals surface area contributed by atoms with E-state index in [1.165, 1.54) is 0 Å². The van der Waals surface area contributed by atoms with E-state index in [9.17, 15) is 0 Å². The highest BCUT2D eigenvalue weighted by molar-refractivity contribution is 9.08. The van der Waals surface area contributed by atoms with Gasteiger partial charge in [-0.25, -0.2) is 0 Å². The Bertz CT molecular complexity index is 371. The van der Waals surface area contributed by atoms with E-state index in [4.69, 9.17) is 14.7 Å². The molecule has 0 saturated heterocycles. The van der Waals surface area contributed by atoms with Gasteiger partial charge in [-0.3, -0.25) is 0 Å². The third-order valence-electron chi connectivity index (χ3n) is 1.87. The second-order valence-electron chi connectivity index (χ2n) is 2.61. The average molecular weight is 256 g/mol. The molecule has 0 aromatic heterocycles. The zero-order valence-corrected chi connectivity index (χ0v) is 9.59. The summed E-state index contributed by atoms with van der Waals surface area (Å²) in [6, 6.07) is 5.58. The summed E-state index contributed by atoms with van der Waals surface area (Å²) in [6.45, 7) is 0. The van der Waals surface area contributed by atoms with Crippen LogP contribution in [0.1, 0.15) is 11.1 Å². The first-order valence-electron chi connectivity index (χ1n) is 3.97. The summed E-state index contributed by atoms with van der Waals surface area (Å²) in [6.07, 6.45) is 0. The molecule has 0 unspecified atom stereocenters. The molecule has 1 aromatic carbocycles. The first kappa shape index (κ1) is 10.9. The van der Waals surface area contributed by atoms with Crippen molar-refractivity contribution in [3.05, 3.63) is 23.3 Å². The van der Waals surface area contributed by atoms with Crippen LogP contribution in [-0.4, -0.2) is 14.2 Å². The normalized spacial score (nSPS) is 9.29. The number of alkyl halides is 1. The van der Waals surface area contributed by atoms with E-state index in [2.05, 4.69) is 22.0 Å². The van der Waals surface area contributed by atoms with Crippen molar-refractivity contribution in [2.24, 2.45) is 0 Å². The van der Waals surface area contributed by atoms with Crippen LogP contribution < -0.4 is 9.47 Å². The van der Waals surface area contributed by atoms with E-state index in [0.29, 0.717) is 22.4 Å². The number of benzene rings is 1. The van der Waals surface area contributed by atoms with Gasteiger partial charge in [0, 0.05) is 11.4 Å². The average Bonchev–Trinajstić information content (AvgIpc) is 2.26. The van der Waals surface area contributed by atoms with Gasteiger partial charge in [0.25, 0.3) is 0 Å². The summed E-state index contributed by atoms with van der Waals surface area (Å²) < 4.78 is 10.2. The summed E-state index contributed by atoms with van der Waals surface area (Å²) in [7, 11) is 3.12. The molecule has 0 amide bonds. The van der Waals surface area contributed by atoms with Gasteiger partial charge in [0.1, 0.15) is 0 Å². The molecule has 1 aromatic rings. The molecule has 4 heteroatoms. The van der Waals surface area contributed by atoms with Crippen LogP contribution >= 0.6 is 15.9 Å². The summed E-state index contributed by atoms with van der Waals surface area (Å²) in [5, 5.41) is 9.49. The van der Waals surface area contributed by atoms with Crippen molar-refractivity contribution in [3.63, 3.8) is 0 Å². The van der Waals surface area contributed by atoms with E-state index in [-0.39, 0.29) is 0 Å². The lowest BCUT2D eigenvalue weighted by Gasteiger charge is -2.09. The van der Waals surface area contributed by atoms with Crippen molar-refractivity contribution in [2.45, 2.75) is 5.33 Å². The predicted molar refractivity (Wildman–Crippen MR) is 56.9 cm³/mol. The molecule has 0 saturated carbocycles. The van der Waals surface area contributed by atoms with Gasteiger partial charge in [-0.2, -0.15) is 5.26 Å². The standard InChI is InChI=1S/C10H10BrNO2/c1-13-9-3-7(5-11)8(6-12)4-10(9)14-2/h3-4H,5H2,1-2H3. The van der Waals surface area contributed by atoms with Crippen molar-refractivity contribution in [2.75, 3.05) is 14.2 Å². The number of nitriles is 1. The fourth-order valence-electron chi connectivity index (χ4n) is 1.14. The Morgan fingerprint density at radius 2 is 1.86 bits per heavy atom. The molecule has 14 heavy (non-hydrogen) atoms. The van der Waals surface area contributed by atoms with Crippen LogP contribution in [0.4, 0.5) is 0 Å². The van der Waals surface area contributed by atoms with Gasteiger partial charge in [0.2, 0.25) is 0 Å². The largest absolute Gasteiger partial charge is 0.493 e. The number of nitrogens with zero attached hydrogens (tertiary/aromatic N) is 1. The third kappa shape index (κ3) is 1.99. The minimum atomic E-state index is 0.578. The summed E-state index contributed by atoms with van der Waals surface area (Å²) >= 11 is 3.31. The second-order valence-corrected chi connectivity index (χ2v) is 3.17. The topological polar surface area (TPSA) is 42.2 Å². The maximum Gasteiger partial charge on any atom is 0.162 e. The molecule has 0 aliphatic heterocycles. The Morgan fingerprint density at radius 3 is 2.29 bits per heavy atom. The van der Waals surface area contributed by atoms with Crippen LogP contribution in [0.5, 0.6) is 11.5 Å². The molecular formula is C10H10BrNO2. The molecule has 74 valence electrons. The smallest absolute Gasteiger partial charge is 0.162 e. The first-order valence-corrected chi connectivity index (χ1v) is 5.10. The Hall–Kier alpha value is -1.21. The molecule has 0 bridgehead atoms. The van der Waals surface area contributed by atoms with Crippen molar-refractivity contribution >= 4 is 15.9 Å². The number of hydrogen-bond acceptors (Lipinski definition) is 3. The number of methoxy groups -OCH3 is 2. The Morgan fingerprint density at radius 1 is 1.29 bits per heavy atom. The van der Waals surface area contributed by atoms with Crippen molar-refractivity contribution in [1.82, 2.24) is 0 Å². The van der Waals surface area contributed by atoms with Crippen LogP contribution in [0.25, 0.3) is 0 Å². The van der Waals surface area contributed by atoms with Gasteiger partial charge in [0.05, 0.1) is 25.9 Å². The van der Waals surface area contributed by atoms with E-state index in [0.717, 1.165) is 5.56 Å². The maximum absolute atomic E-state index is 8.87. The van der Waals surface area contributed by atoms with Gasteiger partial charge in [-0.05, 0) is 11.6 Å². The van der Waals surface area contributed by atoms with E-state index < -0.39 is 0 Å². The number of halogens is 1. The Labute approximate surface area is 91.4 Å². The molecule has 0 N–H and O–H groups in total. The monoisotopic (exact) mass is 255 g/mol. The van der Waals surface area contributed by atoms with Crippen LogP contribution in [0.3, 0.4) is 0 Å². The molecule has 0 aliphatic carbocycles. The quantitative estimate of drug-likeness (QED) is 0.780. The minimum absolute atomic E-state index is 0.578. The SMILES string of the molecule is COc1cc(C#N)c(CBr)cc1OC. The second kappa shape index (κ2) is 4.87. The maximum atomic E-state index is 8.87. The fraction of sp³-hybridized carbons (Fsp3) is 0.300. The minimum Gasteiger partial charge on any atom is -0.493 e. The summed E-state index contributed by atoms with van der Waals surface area (Å²) in [4.78, 5) is 0. The Kier molecular flexibility index (Phi) is 3.78. The molecule has 0 radical (unpaired) electrons. The van der Waals surface area contributed by atoms with Gasteiger partial charge >= 0.3 is 0 Å². The first-order chi connectivity index (χ1) is 6.76. The van der Waals surface area contributed by atoms with E-state index >= 15 is 0 Å². The van der Waals surface area contributed by atoms with Crippen molar-refractivity contribution in [3.8, 4) is 17.6 Å². The molecule has 0 heterocycles. The summed E-state index contributed by atoms with van der Waals surface area (Å²) in [5.74, 6) is 1.22. The zero-order chi connectivity index (χ0) is 10.6. The van der Waals surface area contributed by atoms with Crippen LogP contribution in [-0.2, 0) is 5.33 Å². The highest BCUT2D eigenvalue weighted by atomic mass is 79.9. The third-order valence-corrected chi connectivity index (χ3v) is 2.48. The van der Waals surface area contributed by atoms with Crippen LogP contribution in [0, 0.1) is 11.3 Å². The molecular weight excluding hydrogens is 246 g/mol. The number of ether oxygens (including phenoxy) is 2. The lowest BCUT2D eigenvalue weighted by Crippen LogP contribution is -1.94. The number of rotatable bonds is 3. The lowest BCUT2D eigenvalue weighted by atomic mass is 10.1. The van der Waals surface area contributed by atoms with Gasteiger partial charge in [-0.1, -0.05) is 15.9 Å². The lowest BCUT2D eigenvalue weighted by molar-refractivity contribution is 0.354.